The summed E-state index contributed by atoms with van der Waals surface area (Å²) in [6.45, 7) is 6.90. The average molecular weight is 297 g/mol. The minimum Gasteiger partial charge on any atom is -0.339 e. The Morgan fingerprint density at radius 1 is 1.00 bits per heavy atom. The summed E-state index contributed by atoms with van der Waals surface area (Å²) in [5, 5.41) is 1.20. The van der Waals surface area contributed by atoms with Crippen LogP contribution in [0.5, 0.6) is 0 Å². The minimum absolute atomic E-state index is 0.413. The summed E-state index contributed by atoms with van der Waals surface area (Å²) in [5.74, 6) is 0. The standard InChI is InChI=1S/C17H32N2S/c1-5-8-11-17(12-9-6-2,13-10-7-3)20-16-14-19(4)15-18-16/h14-15H,5-13H2,1-4H3. The highest BCUT2D eigenvalue weighted by molar-refractivity contribution is 8.00. The largest absolute Gasteiger partial charge is 0.339 e. The first-order valence-electron chi connectivity index (χ1n) is 8.32. The third-order valence-corrected chi connectivity index (χ3v) is 5.43. The van der Waals surface area contributed by atoms with Crippen LogP contribution in [0.15, 0.2) is 17.6 Å². The van der Waals surface area contributed by atoms with Crippen molar-refractivity contribution < 1.29 is 0 Å². The predicted molar refractivity (Wildman–Crippen MR) is 90.4 cm³/mol. The van der Waals surface area contributed by atoms with Gasteiger partial charge >= 0.3 is 0 Å². The van der Waals surface area contributed by atoms with Gasteiger partial charge in [0.2, 0.25) is 0 Å². The van der Waals surface area contributed by atoms with Crippen LogP contribution in [0, 0.1) is 0 Å². The van der Waals surface area contributed by atoms with Crippen LogP contribution in [0.4, 0.5) is 0 Å². The van der Waals surface area contributed by atoms with E-state index in [1.165, 1.54) is 62.8 Å². The van der Waals surface area contributed by atoms with Gasteiger partial charge in [0.25, 0.3) is 0 Å². The summed E-state index contributed by atoms with van der Waals surface area (Å²) in [6.07, 6.45) is 16.0. The van der Waals surface area contributed by atoms with Crippen LogP contribution in [0.2, 0.25) is 0 Å². The van der Waals surface area contributed by atoms with Crippen LogP contribution >= 0.6 is 11.8 Å². The van der Waals surface area contributed by atoms with Crippen molar-refractivity contribution in [3.8, 4) is 0 Å². The molecular weight excluding hydrogens is 264 g/mol. The summed E-state index contributed by atoms with van der Waals surface area (Å²) in [7, 11) is 2.06. The van der Waals surface area contributed by atoms with Crippen LogP contribution in [-0.4, -0.2) is 14.3 Å². The highest BCUT2D eigenvalue weighted by Crippen LogP contribution is 2.43. The number of imidazole rings is 1. The molecule has 0 aliphatic heterocycles. The van der Waals surface area contributed by atoms with Crippen molar-refractivity contribution in [2.75, 3.05) is 0 Å². The van der Waals surface area contributed by atoms with Gasteiger partial charge in [0.15, 0.2) is 0 Å². The molecular formula is C17H32N2S. The van der Waals surface area contributed by atoms with E-state index in [9.17, 15) is 0 Å². The fourth-order valence-corrected chi connectivity index (χ4v) is 4.19. The molecule has 0 unspecified atom stereocenters. The predicted octanol–water partition coefficient (Wildman–Crippen LogP) is 5.82. The molecule has 0 spiro atoms. The number of rotatable bonds is 11. The van der Waals surface area contributed by atoms with E-state index in [4.69, 9.17) is 0 Å². The van der Waals surface area contributed by atoms with Gasteiger partial charge in [0, 0.05) is 18.0 Å². The molecule has 1 aromatic rings. The highest BCUT2D eigenvalue weighted by atomic mass is 32.2. The third kappa shape index (κ3) is 5.90. The molecule has 0 atom stereocenters. The van der Waals surface area contributed by atoms with Gasteiger partial charge in [-0.05, 0) is 19.3 Å². The van der Waals surface area contributed by atoms with Crippen LogP contribution in [0.1, 0.15) is 78.6 Å². The van der Waals surface area contributed by atoms with Crippen molar-refractivity contribution in [2.24, 2.45) is 7.05 Å². The maximum atomic E-state index is 4.55. The molecule has 0 N–H and O–H groups in total. The van der Waals surface area contributed by atoms with Gasteiger partial charge in [-0.3, -0.25) is 0 Å². The number of hydrogen-bond donors (Lipinski definition) is 0. The highest BCUT2D eigenvalue weighted by Gasteiger charge is 2.30. The Labute approximate surface area is 129 Å². The van der Waals surface area contributed by atoms with E-state index in [1.54, 1.807) is 0 Å². The summed E-state index contributed by atoms with van der Waals surface area (Å²) in [5.41, 5.74) is 0. The van der Waals surface area contributed by atoms with Gasteiger partial charge in [-0.25, -0.2) is 4.98 Å². The fraction of sp³-hybridized carbons (Fsp3) is 0.824. The molecule has 0 amide bonds. The molecule has 116 valence electrons. The molecule has 0 aliphatic carbocycles. The molecule has 20 heavy (non-hydrogen) atoms. The van der Waals surface area contributed by atoms with Crippen LogP contribution in [0.3, 0.4) is 0 Å². The zero-order valence-electron chi connectivity index (χ0n) is 13.8. The van der Waals surface area contributed by atoms with Gasteiger partial charge in [-0.15, -0.1) is 0 Å². The zero-order chi connectivity index (χ0) is 14.8. The summed E-state index contributed by atoms with van der Waals surface area (Å²) in [4.78, 5) is 4.55. The Kier molecular flexibility index (Phi) is 8.35. The first-order chi connectivity index (χ1) is 9.65. The second kappa shape index (κ2) is 9.49. The van der Waals surface area contributed by atoms with Gasteiger partial charge in [-0.1, -0.05) is 71.1 Å². The maximum absolute atomic E-state index is 4.55. The van der Waals surface area contributed by atoms with E-state index in [0.717, 1.165) is 0 Å². The molecule has 0 saturated carbocycles. The molecule has 0 bridgehead atoms. The molecule has 1 rings (SSSR count). The Balaban J connectivity index is 2.80. The number of aryl methyl sites for hydroxylation is 1. The number of thioether (sulfide) groups is 1. The molecule has 2 nitrogen and oxygen atoms in total. The maximum Gasteiger partial charge on any atom is 0.115 e. The minimum atomic E-state index is 0.413. The SMILES string of the molecule is CCCCC(CCCC)(CCCC)Sc1cn(C)cn1. The van der Waals surface area contributed by atoms with E-state index in [1.807, 2.05) is 18.1 Å². The van der Waals surface area contributed by atoms with E-state index in [0.29, 0.717) is 4.75 Å². The van der Waals surface area contributed by atoms with Crippen molar-refractivity contribution in [1.82, 2.24) is 9.55 Å². The van der Waals surface area contributed by atoms with E-state index < -0.39 is 0 Å². The van der Waals surface area contributed by atoms with Crippen LogP contribution in [0.25, 0.3) is 0 Å². The Morgan fingerprint density at radius 3 is 1.85 bits per heavy atom. The van der Waals surface area contributed by atoms with Gasteiger partial charge < -0.3 is 4.57 Å². The van der Waals surface area contributed by atoms with Gasteiger partial charge in [0.05, 0.1) is 6.33 Å². The summed E-state index contributed by atoms with van der Waals surface area (Å²) in [6, 6.07) is 0. The van der Waals surface area contributed by atoms with E-state index >= 15 is 0 Å². The lowest BCUT2D eigenvalue weighted by Crippen LogP contribution is -2.25. The van der Waals surface area contributed by atoms with Crippen molar-refractivity contribution in [1.29, 1.82) is 0 Å². The Morgan fingerprint density at radius 2 is 1.50 bits per heavy atom. The number of nitrogens with zero attached hydrogens (tertiary/aromatic N) is 2. The normalized spacial score (nSPS) is 12.0. The first kappa shape index (κ1) is 17.6. The lowest BCUT2D eigenvalue weighted by Gasteiger charge is -2.33. The van der Waals surface area contributed by atoms with Crippen molar-refractivity contribution >= 4 is 11.8 Å². The smallest absolute Gasteiger partial charge is 0.115 e. The average Bonchev–Trinajstić information content (AvgIpc) is 2.85. The topological polar surface area (TPSA) is 17.8 Å². The monoisotopic (exact) mass is 296 g/mol. The second-order valence-electron chi connectivity index (χ2n) is 5.97. The molecule has 0 saturated heterocycles. The van der Waals surface area contributed by atoms with Crippen molar-refractivity contribution in [3.05, 3.63) is 12.5 Å². The Hall–Kier alpha value is -0.440. The molecule has 0 fully saturated rings. The molecule has 0 aromatic carbocycles. The number of aromatic nitrogens is 2. The van der Waals surface area contributed by atoms with E-state index in [2.05, 4.69) is 43.6 Å². The lowest BCUT2D eigenvalue weighted by atomic mass is 9.90. The van der Waals surface area contributed by atoms with Crippen molar-refractivity contribution in [2.45, 2.75) is 88.3 Å². The van der Waals surface area contributed by atoms with Gasteiger partial charge in [-0.2, -0.15) is 0 Å². The second-order valence-corrected chi connectivity index (χ2v) is 7.46. The Bertz CT molecular complexity index is 338. The van der Waals surface area contributed by atoms with E-state index in [-0.39, 0.29) is 0 Å². The molecule has 0 aliphatic rings. The number of unbranched alkanes of at least 4 members (excludes halogenated alkanes) is 3. The molecule has 3 heteroatoms. The van der Waals surface area contributed by atoms with Gasteiger partial charge in [0.1, 0.15) is 5.03 Å². The summed E-state index contributed by atoms with van der Waals surface area (Å²) < 4.78 is 2.48. The van der Waals surface area contributed by atoms with Crippen LogP contribution in [-0.2, 0) is 7.05 Å². The van der Waals surface area contributed by atoms with Crippen LogP contribution < -0.4 is 0 Å². The molecule has 0 radical (unpaired) electrons. The fourth-order valence-electron chi connectivity index (χ4n) is 2.69. The quantitative estimate of drug-likeness (QED) is 0.479. The zero-order valence-corrected chi connectivity index (χ0v) is 14.6. The van der Waals surface area contributed by atoms with Crippen molar-refractivity contribution in [3.63, 3.8) is 0 Å². The number of hydrogen-bond acceptors (Lipinski definition) is 2. The first-order valence-corrected chi connectivity index (χ1v) is 9.14. The molecule has 1 heterocycles. The molecule has 1 aromatic heterocycles. The third-order valence-electron chi connectivity index (χ3n) is 3.96. The lowest BCUT2D eigenvalue weighted by molar-refractivity contribution is 0.424. The summed E-state index contributed by atoms with van der Waals surface area (Å²) >= 11 is 2.04.